The minimum absolute atomic E-state index is 0. The van der Waals surface area contributed by atoms with E-state index in [0.29, 0.717) is 7.25 Å². The van der Waals surface area contributed by atoms with Crippen LogP contribution in [0.5, 0.6) is 0 Å². The number of rotatable bonds is 6. The van der Waals surface area contributed by atoms with Gasteiger partial charge in [0, 0.05) is 0 Å². The van der Waals surface area contributed by atoms with Gasteiger partial charge < -0.3 is 0 Å². The molecule has 206 valence electrons. The molecule has 0 saturated heterocycles. The normalized spacial score (nSPS) is 17.6. The van der Waals surface area contributed by atoms with E-state index >= 15 is 0 Å². The van der Waals surface area contributed by atoms with Crippen LogP contribution >= 0.6 is 24.8 Å². The quantitative estimate of drug-likeness (QED) is 0.192. The Labute approximate surface area is 253 Å². The fourth-order valence-electron chi connectivity index (χ4n) is 7.44. The van der Waals surface area contributed by atoms with Crippen LogP contribution in [0.1, 0.15) is 56.2 Å². The van der Waals surface area contributed by atoms with Gasteiger partial charge in [0.15, 0.2) is 0 Å². The van der Waals surface area contributed by atoms with Crippen LogP contribution < -0.4 is 0 Å². The summed E-state index contributed by atoms with van der Waals surface area (Å²) in [6, 6.07) is 26.3. The second kappa shape index (κ2) is 11.6. The molecule has 40 heavy (non-hydrogen) atoms. The Balaban J connectivity index is 0.00000185. The molecule has 2 aromatic carbocycles. The molecule has 2 unspecified atom stereocenters. The van der Waals surface area contributed by atoms with E-state index in [1.807, 2.05) is 24.5 Å². The zero-order valence-electron chi connectivity index (χ0n) is 23.7. The van der Waals surface area contributed by atoms with Gasteiger partial charge in [-0.25, -0.2) is 0 Å². The maximum Gasteiger partial charge on any atom is -0.147 e. The van der Waals surface area contributed by atoms with Crippen molar-refractivity contribution in [3.05, 3.63) is 119 Å². The topological polar surface area (TPSA) is 25.8 Å². The van der Waals surface area contributed by atoms with Crippen molar-refractivity contribution in [2.24, 2.45) is 0 Å². The molecule has 0 aliphatic heterocycles. The Morgan fingerprint density at radius 1 is 0.625 bits per heavy atom. The van der Waals surface area contributed by atoms with E-state index in [9.17, 15) is 0 Å². The molecule has 6 heteroatoms. The molecule has 0 fully saturated rings. The van der Waals surface area contributed by atoms with Gasteiger partial charge in [0.25, 0.3) is 0 Å². The molecule has 2 aliphatic rings. The summed E-state index contributed by atoms with van der Waals surface area (Å²) in [5.74, 6) is 0. The van der Waals surface area contributed by atoms with Crippen LogP contribution in [-0.4, -0.2) is 16.8 Å². The van der Waals surface area contributed by atoms with Crippen LogP contribution in [0.4, 0.5) is 0 Å². The summed E-state index contributed by atoms with van der Waals surface area (Å²) < 4.78 is 6.49. The van der Waals surface area contributed by atoms with Crippen LogP contribution in [0.25, 0.3) is 34.7 Å². The molecule has 4 aromatic rings. The van der Waals surface area contributed by atoms with Gasteiger partial charge in [0.1, 0.15) is 0 Å². The third-order valence-electron chi connectivity index (χ3n) is 8.90. The average Bonchev–Trinajstić information content (AvgIpc) is 3.53. The Kier molecular flexibility index (Phi) is 8.98. The van der Waals surface area contributed by atoms with Crippen LogP contribution in [0.15, 0.2) is 96.3 Å². The van der Waals surface area contributed by atoms with Crippen molar-refractivity contribution < 1.29 is 17.4 Å². The standard InChI is InChI=1S/2C16H14N.2CH3.2ClH.H2Si.Zr/c2*1-2-12-10-13-6-5-7-14(15(13)11-12)16-8-3-4-9-17-16;;;;;;/h2*3-11H,2H2,1H3;2*1H3;2*1H;1H2;. The average molecular weight is 665 g/mol. The van der Waals surface area contributed by atoms with E-state index < -0.39 is 17.4 Å². The Hall–Kier alpha value is -2.10. The van der Waals surface area contributed by atoms with Crippen molar-refractivity contribution in [3.8, 4) is 22.5 Å². The molecule has 0 spiro atoms. The van der Waals surface area contributed by atoms with Crippen molar-refractivity contribution in [1.29, 1.82) is 0 Å². The summed E-state index contributed by atoms with van der Waals surface area (Å²) in [6.45, 7) is 7.11. The Morgan fingerprint density at radius 3 is 1.40 bits per heavy atom. The second-order valence-corrected chi connectivity index (χ2v) is 42.5. The fourth-order valence-corrected chi connectivity index (χ4v) is 27.6. The van der Waals surface area contributed by atoms with Crippen molar-refractivity contribution in [2.45, 2.75) is 43.2 Å². The Morgan fingerprint density at radius 2 is 1.05 bits per heavy atom. The predicted molar refractivity (Wildman–Crippen MR) is 176 cm³/mol. The van der Waals surface area contributed by atoms with Crippen LogP contribution in [0.3, 0.4) is 0 Å². The van der Waals surface area contributed by atoms with Crippen LogP contribution in [0.2, 0.25) is 9.26 Å². The Bertz CT molecular complexity index is 1550. The van der Waals surface area contributed by atoms with Gasteiger partial charge in [-0.1, -0.05) is 0 Å². The number of aromatic nitrogens is 2. The number of benzene rings is 2. The molecule has 2 atom stereocenters. The first-order valence-electron chi connectivity index (χ1n) is 13.9. The summed E-state index contributed by atoms with van der Waals surface area (Å²) in [5.41, 5.74) is 13.7. The van der Waals surface area contributed by atoms with Crippen molar-refractivity contribution in [2.75, 3.05) is 0 Å². The van der Waals surface area contributed by atoms with E-state index in [1.165, 1.54) is 33.4 Å². The number of fused-ring (bicyclic) bond motifs is 2. The molecular weight excluding hydrogens is 627 g/mol. The number of pyridine rings is 2. The fraction of sp³-hybridized carbons (Fsp3) is 0.235. The number of allylic oxidation sites excluding steroid dienone is 2. The van der Waals surface area contributed by atoms with Gasteiger partial charge in [-0.2, -0.15) is 0 Å². The largest absolute Gasteiger partial charge is 0.147 e. The van der Waals surface area contributed by atoms with Crippen LogP contribution in [-0.2, 0) is 17.4 Å². The molecule has 2 aliphatic carbocycles. The van der Waals surface area contributed by atoms with E-state index in [-0.39, 0.29) is 24.8 Å². The smallest absolute Gasteiger partial charge is 0.147 e. The third kappa shape index (κ3) is 4.96. The minimum atomic E-state index is -3.59. The van der Waals surface area contributed by atoms with Gasteiger partial charge in [-0.05, 0) is 0 Å². The monoisotopic (exact) mass is 662 g/mol. The number of nitrogens with zero attached hydrogens (tertiary/aromatic N) is 2. The molecule has 6 rings (SSSR count). The first-order chi connectivity index (χ1) is 18.3. The molecule has 2 heterocycles. The summed E-state index contributed by atoms with van der Waals surface area (Å²) in [4.78, 5) is 9.45. The zero-order chi connectivity index (χ0) is 26.5. The van der Waals surface area contributed by atoms with Gasteiger partial charge >= 0.3 is 231 Å². The third-order valence-corrected chi connectivity index (χ3v) is 26.4. The SMILES string of the molecule is CCC1=Cc2c(-c3ccccn3)cccc2[CH]1[Zr]([CH3])([CH3])(=[SiH2])[CH]1C(CC)=Cc2c(-c3ccccn3)cccc21.Cl.Cl. The number of hydrogen-bond donors (Lipinski definition) is 0. The molecule has 0 bridgehead atoms. The molecule has 0 N–H and O–H groups in total. The van der Waals surface area contributed by atoms with Gasteiger partial charge in [-0.3, -0.25) is 0 Å². The van der Waals surface area contributed by atoms with Gasteiger partial charge in [-0.15, -0.1) is 24.8 Å². The maximum absolute atomic E-state index is 4.73. The minimum Gasteiger partial charge on any atom is -0.147 e. The van der Waals surface area contributed by atoms with Gasteiger partial charge in [0.2, 0.25) is 0 Å². The van der Waals surface area contributed by atoms with Crippen molar-refractivity contribution in [3.63, 3.8) is 0 Å². The van der Waals surface area contributed by atoms with Crippen molar-refractivity contribution in [1.82, 2.24) is 9.97 Å². The number of hydrogen-bond acceptors (Lipinski definition) is 2. The van der Waals surface area contributed by atoms with Gasteiger partial charge in [0.05, 0.1) is 0 Å². The van der Waals surface area contributed by atoms with E-state index in [2.05, 4.69) is 103 Å². The van der Waals surface area contributed by atoms with E-state index in [1.54, 1.807) is 11.1 Å². The summed E-state index contributed by atoms with van der Waals surface area (Å²) in [7, 11) is 0. The summed E-state index contributed by atoms with van der Waals surface area (Å²) in [6.07, 6.45) is 11.0. The summed E-state index contributed by atoms with van der Waals surface area (Å²) in [5, 5.41) is 0. The maximum atomic E-state index is 4.73. The number of halogens is 2. The molecule has 2 nitrogen and oxygen atoms in total. The summed E-state index contributed by atoms with van der Waals surface area (Å²) >= 11 is -3.59. The molecule has 2 aromatic heterocycles. The molecule has 0 saturated carbocycles. The second-order valence-electron chi connectivity index (χ2n) is 12.0. The van der Waals surface area contributed by atoms with Crippen molar-refractivity contribution >= 4 is 43.8 Å². The molecule has 0 amide bonds. The molecule has 0 radical (unpaired) electrons. The molecular formula is C34H38Cl2N2SiZr. The first-order valence-corrected chi connectivity index (χ1v) is 27.6. The van der Waals surface area contributed by atoms with Crippen LogP contribution in [0, 0.1) is 0 Å². The van der Waals surface area contributed by atoms with E-state index in [4.69, 9.17) is 9.97 Å². The predicted octanol–water partition coefficient (Wildman–Crippen LogP) is 9.38. The first kappa shape index (κ1) is 30.8. The van der Waals surface area contributed by atoms with E-state index in [0.717, 1.165) is 24.2 Å². The zero-order valence-corrected chi connectivity index (χ0v) is 29.2.